The van der Waals surface area contributed by atoms with E-state index in [1.807, 2.05) is 0 Å². The van der Waals surface area contributed by atoms with E-state index in [0.717, 1.165) is 24.1 Å². The van der Waals surface area contributed by atoms with Gasteiger partial charge in [-0.3, -0.25) is 9.64 Å². The largest absolute Gasteiger partial charge is 0.522 e. The third kappa shape index (κ3) is 12.7. The zero-order chi connectivity index (χ0) is 15.8. The molecule has 0 rings (SSSR count). The van der Waals surface area contributed by atoms with Crippen LogP contribution in [0, 0.1) is 0 Å². The lowest BCUT2D eigenvalue weighted by atomic mass is 10.3. The van der Waals surface area contributed by atoms with Gasteiger partial charge < -0.3 is 9.80 Å². The molecule has 0 bridgehead atoms. The Bertz CT molecular complexity index is 252. The van der Waals surface area contributed by atoms with Gasteiger partial charge in [-0.1, -0.05) is 0 Å². The first-order valence-electron chi connectivity index (χ1n) is 6.97. The molecule has 0 saturated heterocycles. The molecule has 0 aromatic carbocycles. The topological polar surface area (TPSA) is 24.5 Å². The minimum absolute atomic E-state index is 0.209. The highest BCUT2D eigenvalue weighted by molar-refractivity contribution is 4.64. The Hall–Kier alpha value is -0.370. The highest BCUT2D eigenvalue weighted by atomic mass is 19.4. The second kappa shape index (κ2) is 8.81. The van der Waals surface area contributed by atoms with Crippen LogP contribution in [0.3, 0.4) is 0 Å². The standard InChI is InChI=1S/C13H29F3N3O/c1-12(2)18(9-10-19(3,4)5)8-6-17-7-11-20-13(14,15)16/h12,17H,6-11H2,1-5H3/q+1. The van der Waals surface area contributed by atoms with Crippen LogP contribution in [0.5, 0.6) is 0 Å². The van der Waals surface area contributed by atoms with E-state index in [4.69, 9.17) is 0 Å². The molecule has 20 heavy (non-hydrogen) atoms. The number of nitrogens with zero attached hydrogens (tertiary/aromatic N) is 2. The van der Waals surface area contributed by atoms with Crippen molar-refractivity contribution in [2.24, 2.45) is 0 Å². The second-order valence-corrected chi connectivity index (χ2v) is 6.19. The monoisotopic (exact) mass is 300 g/mol. The minimum Gasteiger partial charge on any atom is -0.330 e. The van der Waals surface area contributed by atoms with E-state index >= 15 is 0 Å². The van der Waals surface area contributed by atoms with Crippen LogP contribution >= 0.6 is 0 Å². The first-order valence-corrected chi connectivity index (χ1v) is 6.97. The van der Waals surface area contributed by atoms with Crippen molar-refractivity contribution < 1.29 is 22.4 Å². The Morgan fingerprint density at radius 1 is 1.10 bits per heavy atom. The van der Waals surface area contributed by atoms with Crippen LogP contribution in [0.2, 0.25) is 0 Å². The van der Waals surface area contributed by atoms with E-state index in [-0.39, 0.29) is 13.2 Å². The number of likely N-dealkylation sites (N-methyl/N-ethyl adjacent to an activating group) is 1. The lowest BCUT2D eigenvalue weighted by Crippen LogP contribution is -2.46. The molecular weight excluding hydrogens is 271 g/mol. The summed E-state index contributed by atoms with van der Waals surface area (Å²) in [5.74, 6) is 0. The highest BCUT2D eigenvalue weighted by Gasteiger charge is 2.28. The molecule has 0 aliphatic heterocycles. The van der Waals surface area contributed by atoms with Crippen molar-refractivity contribution in [1.82, 2.24) is 10.2 Å². The molecule has 0 aromatic rings. The highest BCUT2D eigenvalue weighted by Crippen LogP contribution is 2.15. The van der Waals surface area contributed by atoms with E-state index < -0.39 is 6.36 Å². The van der Waals surface area contributed by atoms with Gasteiger partial charge in [0, 0.05) is 32.2 Å². The Labute approximate surface area is 120 Å². The summed E-state index contributed by atoms with van der Waals surface area (Å²) >= 11 is 0. The van der Waals surface area contributed by atoms with Gasteiger partial charge >= 0.3 is 6.36 Å². The summed E-state index contributed by atoms with van der Waals surface area (Å²) in [7, 11) is 6.43. The first-order chi connectivity index (χ1) is 9.01. The van der Waals surface area contributed by atoms with Gasteiger partial charge in [0.2, 0.25) is 0 Å². The molecule has 0 amide bonds. The number of ether oxygens (including phenoxy) is 1. The predicted octanol–water partition coefficient (Wildman–Crippen LogP) is 1.53. The Morgan fingerprint density at radius 2 is 1.70 bits per heavy atom. The molecule has 0 heterocycles. The third-order valence-electron chi connectivity index (χ3n) is 2.91. The molecule has 0 unspecified atom stereocenters. The van der Waals surface area contributed by atoms with Crippen LogP contribution in [0.15, 0.2) is 0 Å². The molecule has 4 nitrogen and oxygen atoms in total. The fourth-order valence-electron chi connectivity index (χ4n) is 1.64. The van der Waals surface area contributed by atoms with Gasteiger partial charge in [0.1, 0.15) is 0 Å². The number of quaternary nitrogens is 1. The number of nitrogens with one attached hydrogen (secondary N) is 1. The summed E-state index contributed by atoms with van der Waals surface area (Å²) in [6, 6.07) is 0.426. The van der Waals surface area contributed by atoms with Crippen LogP contribution in [0.4, 0.5) is 13.2 Å². The number of alkyl halides is 3. The zero-order valence-corrected chi connectivity index (χ0v) is 13.3. The van der Waals surface area contributed by atoms with Gasteiger partial charge in [0.25, 0.3) is 0 Å². The SMILES string of the molecule is CC(C)N(CCNCCOC(F)(F)F)CC[N+](C)(C)C. The molecule has 0 fully saturated rings. The smallest absolute Gasteiger partial charge is 0.330 e. The Kier molecular flexibility index (Phi) is 8.65. The predicted molar refractivity (Wildman–Crippen MR) is 74.5 cm³/mol. The van der Waals surface area contributed by atoms with E-state index in [9.17, 15) is 13.2 Å². The van der Waals surface area contributed by atoms with Gasteiger partial charge in [-0.05, 0) is 13.8 Å². The summed E-state index contributed by atoms with van der Waals surface area (Å²) in [5, 5.41) is 2.97. The minimum atomic E-state index is -4.53. The number of halogens is 3. The Balaban J connectivity index is 3.77. The summed E-state index contributed by atoms with van der Waals surface area (Å²) in [6.07, 6.45) is -4.53. The average Bonchev–Trinajstić information content (AvgIpc) is 2.23. The molecular formula is C13H29F3N3O+. The molecule has 0 radical (unpaired) electrons. The summed E-state index contributed by atoms with van der Waals surface area (Å²) in [5.41, 5.74) is 0. The number of hydrogen-bond acceptors (Lipinski definition) is 3. The van der Waals surface area contributed by atoms with E-state index in [1.165, 1.54) is 0 Å². The van der Waals surface area contributed by atoms with Gasteiger partial charge in [-0.25, -0.2) is 0 Å². The van der Waals surface area contributed by atoms with E-state index in [0.29, 0.717) is 12.6 Å². The summed E-state index contributed by atoms with van der Waals surface area (Å²) in [4.78, 5) is 2.32. The number of hydrogen-bond donors (Lipinski definition) is 1. The number of rotatable bonds is 10. The molecule has 7 heteroatoms. The molecule has 1 N–H and O–H groups in total. The summed E-state index contributed by atoms with van der Waals surface area (Å²) in [6.45, 7) is 7.62. The second-order valence-electron chi connectivity index (χ2n) is 6.19. The van der Waals surface area contributed by atoms with Crippen molar-refractivity contribution in [3.63, 3.8) is 0 Å². The normalized spacial score (nSPS) is 13.5. The van der Waals surface area contributed by atoms with Crippen LogP contribution in [-0.4, -0.2) is 82.3 Å². The van der Waals surface area contributed by atoms with E-state index in [1.54, 1.807) is 0 Å². The quantitative estimate of drug-likeness (QED) is 0.489. The third-order valence-corrected chi connectivity index (χ3v) is 2.91. The lowest BCUT2D eigenvalue weighted by molar-refractivity contribution is -0.869. The van der Waals surface area contributed by atoms with E-state index in [2.05, 4.69) is 49.9 Å². The van der Waals surface area contributed by atoms with Crippen molar-refractivity contribution in [3.8, 4) is 0 Å². The molecule has 0 atom stereocenters. The van der Waals surface area contributed by atoms with Gasteiger partial charge in [0.15, 0.2) is 0 Å². The maximum atomic E-state index is 11.8. The van der Waals surface area contributed by atoms with Gasteiger partial charge in [-0.15, -0.1) is 13.2 Å². The van der Waals surface area contributed by atoms with Crippen molar-refractivity contribution in [3.05, 3.63) is 0 Å². The van der Waals surface area contributed by atoms with Crippen molar-refractivity contribution >= 4 is 0 Å². The fourth-order valence-corrected chi connectivity index (χ4v) is 1.64. The van der Waals surface area contributed by atoms with Crippen molar-refractivity contribution in [2.45, 2.75) is 26.3 Å². The maximum Gasteiger partial charge on any atom is 0.522 e. The maximum absolute atomic E-state index is 11.8. The Morgan fingerprint density at radius 3 is 2.15 bits per heavy atom. The first kappa shape index (κ1) is 19.6. The molecule has 0 spiro atoms. The van der Waals surface area contributed by atoms with Crippen molar-refractivity contribution in [2.75, 3.05) is 60.5 Å². The molecule has 0 aromatic heterocycles. The van der Waals surface area contributed by atoms with Gasteiger partial charge in [0.05, 0.1) is 34.3 Å². The molecule has 0 saturated carbocycles. The van der Waals surface area contributed by atoms with Gasteiger partial charge in [-0.2, -0.15) is 0 Å². The molecule has 122 valence electrons. The average molecular weight is 300 g/mol. The lowest BCUT2D eigenvalue weighted by Gasteiger charge is -2.31. The van der Waals surface area contributed by atoms with Crippen LogP contribution in [-0.2, 0) is 4.74 Å². The van der Waals surface area contributed by atoms with Crippen molar-refractivity contribution in [1.29, 1.82) is 0 Å². The zero-order valence-electron chi connectivity index (χ0n) is 13.3. The molecule has 0 aliphatic carbocycles. The fraction of sp³-hybridized carbons (Fsp3) is 1.00. The summed E-state index contributed by atoms with van der Waals surface area (Å²) < 4.78 is 39.8. The van der Waals surface area contributed by atoms with Crippen LogP contribution in [0.1, 0.15) is 13.8 Å². The van der Waals surface area contributed by atoms with Crippen LogP contribution in [0.25, 0.3) is 0 Å². The molecule has 0 aliphatic rings. The van der Waals surface area contributed by atoms with Crippen LogP contribution < -0.4 is 5.32 Å².